The summed E-state index contributed by atoms with van der Waals surface area (Å²) >= 11 is 6.14. The third-order valence-electron chi connectivity index (χ3n) is 5.11. The summed E-state index contributed by atoms with van der Waals surface area (Å²) in [6, 6.07) is 13.3. The molecule has 1 aliphatic heterocycles. The van der Waals surface area contributed by atoms with Gasteiger partial charge in [0.05, 0.1) is 22.7 Å². The number of carbonyl (C=O) groups excluding carboxylic acids is 1. The van der Waals surface area contributed by atoms with Crippen molar-refractivity contribution < 1.29 is 9.53 Å². The fourth-order valence-corrected chi connectivity index (χ4v) is 3.89. The molecule has 5 nitrogen and oxygen atoms in total. The Morgan fingerprint density at radius 2 is 1.96 bits per heavy atom. The van der Waals surface area contributed by atoms with Gasteiger partial charge in [0, 0.05) is 24.0 Å². The van der Waals surface area contributed by atoms with Crippen LogP contribution < -0.4 is 4.74 Å². The van der Waals surface area contributed by atoms with Crippen molar-refractivity contribution in [1.29, 1.82) is 0 Å². The van der Waals surface area contributed by atoms with Gasteiger partial charge in [-0.05, 0) is 57.0 Å². The molecule has 3 aromatic rings. The van der Waals surface area contributed by atoms with Crippen LogP contribution in [0.2, 0.25) is 5.02 Å². The summed E-state index contributed by atoms with van der Waals surface area (Å²) in [7, 11) is 0. The lowest BCUT2D eigenvalue weighted by atomic mass is 9.95. The van der Waals surface area contributed by atoms with Gasteiger partial charge in [0.2, 0.25) is 0 Å². The van der Waals surface area contributed by atoms with Crippen LogP contribution in [0.3, 0.4) is 0 Å². The standard InChI is InChI=1S/C22H24ClN3O2/c1-14(2)28-20-8-7-16(23)13-17(20)22(27)26-11-9-15(10-12-26)21-24-18-5-3-4-6-19(18)25-21/h3-8,13-15H,9-12H2,1-2H3,(H,24,25). The maximum atomic E-state index is 13.1. The lowest BCUT2D eigenvalue weighted by Gasteiger charge is -2.31. The lowest BCUT2D eigenvalue weighted by molar-refractivity contribution is 0.0705. The Labute approximate surface area is 169 Å². The quantitative estimate of drug-likeness (QED) is 0.672. The third-order valence-corrected chi connectivity index (χ3v) is 5.35. The van der Waals surface area contributed by atoms with Gasteiger partial charge in [-0.25, -0.2) is 4.98 Å². The Balaban J connectivity index is 1.47. The second-order valence-electron chi connectivity index (χ2n) is 7.51. The van der Waals surface area contributed by atoms with Crippen LogP contribution in [0.1, 0.15) is 48.8 Å². The number of aromatic amines is 1. The number of likely N-dealkylation sites (tertiary alicyclic amines) is 1. The molecule has 1 aromatic heterocycles. The van der Waals surface area contributed by atoms with E-state index in [2.05, 4.69) is 4.98 Å². The van der Waals surface area contributed by atoms with Gasteiger partial charge >= 0.3 is 0 Å². The van der Waals surface area contributed by atoms with Crippen LogP contribution in [-0.2, 0) is 0 Å². The molecular formula is C22H24ClN3O2. The highest BCUT2D eigenvalue weighted by Crippen LogP contribution is 2.31. The van der Waals surface area contributed by atoms with Gasteiger partial charge in [0.1, 0.15) is 11.6 Å². The molecule has 1 fully saturated rings. The number of para-hydroxylation sites is 2. The highest BCUT2D eigenvalue weighted by Gasteiger charge is 2.28. The van der Waals surface area contributed by atoms with Crippen LogP contribution in [0.25, 0.3) is 11.0 Å². The van der Waals surface area contributed by atoms with E-state index in [0.717, 1.165) is 29.7 Å². The number of imidazole rings is 1. The zero-order valence-electron chi connectivity index (χ0n) is 16.1. The predicted octanol–water partition coefficient (Wildman–Crippen LogP) is 5.02. The molecule has 1 N–H and O–H groups in total. The van der Waals surface area contributed by atoms with Crippen LogP contribution in [0.5, 0.6) is 5.75 Å². The van der Waals surface area contributed by atoms with E-state index in [-0.39, 0.29) is 12.0 Å². The first-order chi connectivity index (χ1) is 13.5. The Morgan fingerprint density at radius 3 is 2.68 bits per heavy atom. The van der Waals surface area contributed by atoms with Crippen molar-refractivity contribution in [1.82, 2.24) is 14.9 Å². The van der Waals surface area contributed by atoms with Crippen LogP contribution in [0.4, 0.5) is 0 Å². The number of hydrogen-bond donors (Lipinski definition) is 1. The number of carbonyl (C=O) groups is 1. The number of amides is 1. The van der Waals surface area contributed by atoms with E-state index in [4.69, 9.17) is 21.3 Å². The van der Waals surface area contributed by atoms with Crippen molar-refractivity contribution >= 4 is 28.5 Å². The van der Waals surface area contributed by atoms with Crippen molar-refractivity contribution in [2.75, 3.05) is 13.1 Å². The minimum Gasteiger partial charge on any atom is -0.490 e. The highest BCUT2D eigenvalue weighted by atomic mass is 35.5. The molecule has 1 amide bonds. The van der Waals surface area contributed by atoms with E-state index < -0.39 is 0 Å². The average molecular weight is 398 g/mol. The fourth-order valence-electron chi connectivity index (χ4n) is 3.72. The van der Waals surface area contributed by atoms with Gasteiger partial charge in [-0.2, -0.15) is 0 Å². The van der Waals surface area contributed by atoms with Crippen LogP contribution >= 0.6 is 11.6 Å². The summed E-state index contributed by atoms with van der Waals surface area (Å²) in [4.78, 5) is 23.1. The van der Waals surface area contributed by atoms with Crippen molar-refractivity contribution in [2.24, 2.45) is 0 Å². The number of ether oxygens (including phenoxy) is 1. The van der Waals surface area contributed by atoms with Crippen LogP contribution in [-0.4, -0.2) is 40.0 Å². The number of hydrogen-bond acceptors (Lipinski definition) is 3. The van der Waals surface area contributed by atoms with E-state index in [9.17, 15) is 4.79 Å². The van der Waals surface area contributed by atoms with E-state index in [1.54, 1.807) is 18.2 Å². The molecule has 2 heterocycles. The maximum absolute atomic E-state index is 13.1. The zero-order valence-corrected chi connectivity index (χ0v) is 16.9. The number of fused-ring (bicyclic) bond motifs is 1. The second-order valence-corrected chi connectivity index (χ2v) is 7.95. The van der Waals surface area contributed by atoms with Gasteiger partial charge in [-0.15, -0.1) is 0 Å². The number of rotatable bonds is 4. The predicted molar refractivity (Wildman–Crippen MR) is 111 cm³/mol. The largest absolute Gasteiger partial charge is 0.490 e. The molecule has 28 heavy (non-hydrogen) atoms. The SMILES string of the molecule is CC(C)Oc1ccc(Cl)cc1C(=O)N1CCC(c2nc3ccccc3[nH]2)CC1. The molecule has 0 radical (unpaired) electrons. The summed E-state index contributed by atoms with van der Waals surface area (Å²) in [5, 5.41) is 0.539. The molecule has 4 rings (SSSR count). The molecule has 0 aliphatic carbocycles. The molecule has 0 unspecified atom stereocenters. The molecule has 2 aromatic carbocycles. The summed E-state index contributed by atoms with van der Waals surface area (Å²) in [6.07, 6.45) is 1.76. The zero-order chi connectivity index (χ0) is 19.7. The van der Waals surface area contributed by atoms with Crippen molar-refractivity contribution in [2.45, 2.75) is 38.7 Å². The molecule has 146 valence electrons. The number of H-pyrrole nitrogens is 1. The van der Waals surface area contributed by atoms with Crippen molar-refractivity contribution in [3.63, 3.8) is 0 Å². The Morgan fingerprint density at radius 1 is 1.21 bits per heavy atom. The fraction of sp³-hybridized carbons (Fsp3) is 0.364. The van der Waals surface area contributed by atoms with E-state index in [1.807, 2.05) is 43.0 Å². The first kappa shape index (κ1) is 18.8. The van der Waals surface area contributed by atoms with Crippen molar-refractivity contribution in [3.8, 4) is 5.75 Å². The normalized spacial score (nSPS) is 15.4. The van der Waals surface area contributed by atoms with Gasteiger partial charge in [-0.3, -0.25) is 4.79 Å². The first-order valence-electron chi connectivity index (χ1n) is 9.71. The van der Waals surface area contributed by atoms with Gasteiger partial charge in [0.25, 0.3) is 5.91 Å². The molecule has 1 saturated heterocycles. The number of halogens is 1. The van der Waals surface area contributed by atoms with E-state index in [1.165, 1.54) is 0 Å². The smallest absolute Gasteiger partial charge is 0.257 e. The monoisotopic (exact) mass is 397 g/mol. The molecule has 0 bridgehead atoms. The van der Waals surface area contributed by atoms with Gasteiger partial charge in [-0.1, -0.05) is 23.7 Å². The summed E-state index contributed by atoms with van der Waals surface area (Å²) < 4.78 is 5.82. The minimum atomic E-state index is -0.0267. The minimum absolute atomic E-state index is 0.00783. The van der Waals surface area contributed by atoms with Crippen molar-refractivity contribution in [3.05, 3.63) is 58.9 Å². The number of benzene rings is 2. The molecule has 0 atom stereocenters. The molecule has 0 saturated carbocycles. The Bertz CT molecular complexity index is 957. The number of nitrogens with zero attached hydrogens (tertiary/aromatic N) is 2. The number of nitrogens with one attached hydrogen (secondary N) is 1. The average Bonchev–Trinajstić information content (AvgIpc) is 3.13. The maximum Gasteiger partial charge on any atom is 0.257 e. The number of piperidine rings is 1. The summed E-state index contributed by atoms with van der Waals surface area (Å²) in [5.41, 5.74) is 2.58. The molecule has 6 heteroatoms. The topological polar surface area (TPSA) is 58.2 Å². The molecule has 1 aliphatic rings. The molecular weight excluding hydrogens is 374 g/mol. The third kappa shape index (κ3) is 3.85. The van der Waals surface area contributed by atoms with E-state index in [0.29, 0.717) is 35.3 Å². The number of aromatic nitrogens is 2. The summed E-state index contributed by atoms with van der Waals surface area (Å²) in [6.45, 7) is 5.27. The highest BCUT2D eigenvalue weighted by molar-refractivity contribution is 6.31. The summed E-state index contributed by atoms with van der Waals surface area (Å²) in [5.74, 6) is 1.91. The van der Waals surface area contributed by atoms with Gasteiger partial charge in [0.15, 0.2) is 0 Å². The van der Waals surface area contributed by atoms with E-state index >= 15 is 0 Å². The molecule has 0 spiro atoms. The van der Waals surface area contributed by atoms with Gasteiger partial charge < -0.3 is 14.6 Å². The van der Waals surface area contributed by atoms with Crippen LogP contribution in [0, 0.1) is 0 Å². The Kier molecular flexibility index (Phi) is 5.27. The Hall–Kier alpha value is -2.53. The lowest BCUT2D eigenvalue weighted by Crippen LogP contribution is -2.38. The first-order valence-corrected chi connectivity index (χ1v) is 10.1. The van der Waals surface area contributed by atoms with Crippen LogP contribution in [0.15, 0.2) is 42.5 Å². The second kappa shape index (κ2) is 7.84.